The van der Waals surface area contributed by atoms with Crippen LogP contribution >= 0.6 is 15.9 Å². The molecule has 0 spiro atoms. The van der Waals surface area contributed by atoms with E-state index in [4.69, 9.17) is 0 Å². The van der Waals surface area contributed by atoms with E-state index in [-0.39, 0.29) is 5.75 Å². The number of sulfone groups is 1. The van der Waals surface area contributed by atoms with Crippen LogP contribution in [0.5, 0.6) is 0 Å². The molecule has 0 saturated heterocycles. The van der Waals surface area contributed by atoms with Crippen LogP contribution in [-0.2, 0) is 22.8 Å². The third kappa shape index (κ3) is 3.59. The van der Waals surface area contributed by atoms with E-state index < -0.39 is 9.84 Å². The zero-order valence-electron chi connectivity index (χ0n) is 12.3. The molecular formula is C17H19BrNO2S+. The quantitative estimate of drug-likeness (QED) is 0.878. The summed E-state index contributed by atoms with van der Waals surface area (Å²) in [6.45, 7) is 2.59. The van der Waals surface area contributed by atoms with Gasteiger partial charge in [-0.2, -0.15) is 0 Å². The van der Waals surface area contributed by atoms with Crippen LogP contribution in [0.15, 0.2) is 57.9 Å². The van der Waals surface area contributed by atoms with Gasteiger partial charge in [-0.3, -0.25) is 0 Å². The molecule has 0 bridgehead atoms. The van der Waals surface area contributed by atoms with Crippen molar-refractivity contribution in [2.24, 2.45) is 0 Å². The van der Waals surface area contributed by atoms with E-state index in [1.807, 2.05) is 0 Å². The summed E-state index contributed by atoms with van der Waals surface area (Å²) in [7, 11) is -3.20. The highest BCUT2D eigenvalue weighted by atomic mass is 79.9. The topological polar surface area (TPSA) is 38.6 Å². The second-order valence-corrected chi connectivity index (χ2v) is 8.74. The summed E-state index contributed by atoms with van der Waals surface area (Å²) in [4.78, 5) is 1.76. The zero-order valence-corrected chi connectivity index (χ0v) is 14.7. The van der Waals surface area contributed by atoms with Gasteiger partial charge in [0.1, 0.15) is 12.3 Å². The highest BCUT2D eigenvalue weighted by molar-refractivity contribution is 9.10. The average Bonchev–Trinajstić information content (AvgIpc) is 2.53. The molecule has 1 unspecified atom stereocenters. The largest absolute Gasteiger partial charge is 0.330 e. The van der Waals surface area contributed by atoms with Gasteiger partial charge in [-0.1, -0.05) is 40.2 Å². The number of nitrogens with one attached hydrogen (secondary N) is 1. The molecule has 3 nitrogen and oxygen atoms in total. The van der Waals surface area contributed by atoms with Crippen LogP contribution in [0.2, 0.25) is 0 Å². The molecule has 0 saturated carbocycles. The minimum atomic E-state index is -3.20. The lowest BCUT2D eigenvalue weighted by atomic mass is 10.0. The van der Waals surface area contributed by atoms with Crippen molar-refractivity contribution < 1.29 is 13.3 Å². The highest BCUT2D eigenvalue weighted by Crippen LogP contribution is 2.16. The van der Waals surface area contributed by atoms with Crippen LogP contribution < -0.4 is 4.90 Å². The monoisotopic (exact) mass is 380 g/mol. The van der Waals surface area contributed by atoms with Gasteiger partial charge in [-0.15, -0.1) is 0 Å². The molecule has 2 aromatic rings. The second-order valence-electron chi connectivity index (χ2n) is 5.72. The molecule has 3 rings (SSSR count). The Balaban J connectivity index is 1.64. The van der Waals surface area contributed by atoms with E-state index in [1.165, 1.54) is 16.0 Å². The summed E-state index contributed by atoms with van der Waals surface area (Å²) < 4.78 is 25.7. The van der Waals surface area contributed by atoms with Gasteiger partial charge in [0.15, 0.2) is 9.84 Å². The predicted molar refractivity (Wildman–Crippen MR) is 90.7 cm³/mol. The Morgan fingerprint density at radius 3 is 2.41 bits per heavy atom. The predicted octanol–water partition coefficient (Wildman–Crippen LogP) is 1.86. The first-order valence-electron chi connectivity index (χ1n) is 7.43. The van der Waals surface area contributed by atoms with E-state index in [2.05, 4.69) is 40.2 Å². The van der Waals surface area contributed by atoms with Crippen molar-refractivity contribution in [1.82, 2.24) is 0 Å². The molecule has 1 atom stereocenters. The normalized spacial score (nSPS) is 18.0. The van der Waals surface area contributed by atoms with Crippen molar-refractivity contribution in [1.29, 1.82) is 0 Å². The Bertz CT molecular complexity index is 756. The second kappa shape index (κ2) is 6.52. The van der Waals surface area contributed by atoms with Crippen molar-refractivity contribution in [2.45, 2.75) is 17.9 Å². The average molecular weight is 381 g/mol. The summed E-state index contributed by atoms with van der Waals surface area (Å²) >= 11 is 3.33. The Labute approximate surface area is 140 Å². The standard InChI is InChI=1S/C17H18BrNO2S/c18-16-5-7-17(8-6-16)22(20,21)12-11-19-10-9-14-3-1-2-4-15(14)13-19/h1-8H,9-13H2/p+1. The molecule has 1 aliphatic rings. The van der Waals surface area contributed by atoms with Crippen molar-refractivity contribution in [2.75, 3.05) is 18.8 Å². The smallest absolute Gasteiger partial charge is 0.183 e. The molecule has 5 heteroatoms. The maximum Gasteiger partial charge on any atom is 0.183 e. The van der Waals surface area contributed by atoms with Crippen LogP contribution in [0.25, 0.3) is 0 Å². The van der Waals surface area contributed by atoms with Crippen molar-refractivity contribution in [3.8, 4) is 0 Å². The molecule has 1 aliphatic heterocycles. The van der Waals surface area contributed by atoms with E-state index >= 15 is 0 Å². The minimum Gasteiger partial charge on any atom is -0.330 e. The van der Waals surface area contributed by atoms with E-state index in [0.717, 1.165) is 24.0 Å². The summed E-state index contributed by atoms with van der Waals surface area (Å²) in [6, 6.07) is 15.3. The van der Waals surface area contributed by atoms with Crippen molar-refractivity contribution in [3.63, 3.8) is 0 Å². The molecule has 2 aromatic carbocycles. The van der Waals surface area contributed by atoms with Crippen LogP contribution in [0, 0.1) is 0 Å². The number of hydrogen-bond donors (Lipinski definition) is 1. The number of fused-ring (bicyclic) bond motifs is 1. The lowest BCUT2D eigenvalue weighted by Crippen LogP contribution is -3.12. The van der Waals surface area contributed by atoms with Gasteiger partial charge in [-0.25, -0.2) is 8.42 Å². The van der Waals surface area contributed by atoms with E-state index in [0.29, 0.717) is 11.4 Å². The van der Waals surface area contributed by atoms with Gasteiger partial charge in [0.05, 0.1) is 18.0 Å². The molecule has 0 aliphatic carbocycles. The molecule has 22 heavy (non-hydrogen) atoms. The van der Waals surface area contributed by atoms with Gasteiger partial charge in [0.25, 0.3) is 0 Å². The number of quaternary nitrogens is 1. The van der Waals surface area contributed by atoms with E-state index in [1.54, 1.807) is 24.3 Å². The maximum atomic E-state index is 12.4. The summed E-state index contributed by atoms with van der Waals surface area (Å²) in [6.07, 6.45) is 1.03. The maximum absolute atomic E-state index is 12.4. The third-order valence-corrected chi connectivity index (χ3v) is 6.46. The number of halogens is 1. The molecule has 1 heterocycles. The molecule has 0 aromatic heterocycles. The first kappa shape index (κ1) is 15.7. The molecule has 0 fully saturated rings. The summed E-state index contributed by atoms with van der Waals surface area (Å²) in [5.74, 6) is 0.201. The fourth-order valence-corrected chi connectivity index (χ4v) is 4.50. The fraction of sp³-hybridized carbons (Fsp3) is 0.294. The Morgan fingerprint density at radius 1 is 1.00 bits per heavy atom. The molecule has 1 N–H and O–H groups in total. The summed E-state index contributed by atoms with van der Waals surface area (Å²) in [5, 5.41) is 0. The first-order chi connectivity index (χ1) is 10.5. The summed E-state index contributed by atoms with van der Waals surface area (Å²) in [5.41, 5.74) is 2.76. The first-order valence-corrected chi connectivity index (χ1v) is 9.88. The van der Waals surface area contributed by atoms with Crippen molar-refractivity contribution in [3.05, 3.63) is 64.1 Å². The molecule has 0 amide bonds. The number of rotatable bonds is 4. The van der Waals surface area contributed by atoms with Gasteiger partial charge in [0, 0.05) is 16.5 Å². The highest BCUT2D eigenvalue weighted by Gasteiger charge is 2.22. The zero-order chi connectivity index (χ0) is 15.6. The Kier molecular flexibility index (Phi) is 4.66. The Hall–Kier alpha value is -1.17. The minimum absolute atomic E-state index is 0.201. The SMILES string of the molecule is O=S(=O)(CC[NH+]1CCc2ccccc2C1)c1ccc(Br)cc1. The third-order valence-electron chi connectivity index (χ3n) is 4.20. The van der Waals surface area contributed by atoms with Crippen LogP contribution in [0.1, 0.15) is 11.1 Å². The Morgan fingerprint density at radius 2 is 1.68 bits per heavy atom. The lowest BCUT2D eigenvalue weighted by molar-refractivity contribution is -0.913. The van der Waals surface area contributed by atoms with Gasteiger partial charge in [-0.05, 0) is 29.8 Å². The fourth-order valence-electron chi connectivity index (χ4n) is 2.89. The number of hydrogen-bond acceptors (Lipinski definition) is 2. The lowest BCUT2D eigenvalue weighted by Gasteiger charge is -2.25. The van der Waals surface area contributed by atoms with Crippen LogP contribution in [0.3, 0.4) is 0 Å². The van der Waals surface area contributed by atoms with Crippen LogP contribution in [-0.4, -0.2) is 27.3 Å². The molecule has 0 radical (unpaired) electrons. The van der Waals surface area contributed by atoms with E-state index in [9.17, 15) is 8.42 Å². The van der Waals surface area contributed by atoms with Gasteiger partial charge < -0.3 is 4.90 Å². The van der Waals surface area contributed by atoms with Gasteiger partial charge in [0.2, 0.25) is 0 Å². The molecular weight excluding hydrogens is 362 g/mol. The van der Waals surface area contributed by atoms with Crippen LogP contribution in [0.4, 0.5) is 0 Å². The molecule has 116 valence electrons. The van der Waals surface area contributed by atoms with Crippen molar-refractivity contribution >= 4 is 25.8 Å². The van der Waals surface area contributed by atoms with Gasteiger partial charge >= 0.3 is 0 Å². The number of benzene rings is 2.